The molecule has 0 fully saturated rings. The van der Waals surface area contributed by atoms with Crippen LogP contribution in [0.1, 0.15) is 39.9 Å². The predicted octanol–water partition coefficient (Wildman–Crippen LogP) is 2.67. The van der Waals surface area contributed by atoms with Gasteiger partial charge in [-0.05, 0) is 45.9 Å². The van der Waals surface area contributed by atoms with Gasteiger partial charge in [-0.2, -0.15) is 0 Å². The second-order valence-electron chi connectivity index (χ2n) is 5.89. The first-order valence-corrected chi connectivity index (χ1v) is 6.97. The molecular formula is C15H27NO3. The molecule has 0 spiro atoms. The van der Waals surface area contributed by atoms with E-state index in [-0.39, 0.29) is 5.60 Å². The van der Waals surface area contributed by atoms with Crippen LogP contribution in [0.5, 0.6) is 0 Å². The Kier molecular flexibility index (Phi) is 6.55. The summed E-state index contributed by atoms with van der Waals surface area (Å²) in [5.74, 6) is 0.928. The van der Waals surface area contributed by atoms with Crippen LogP contribution in [0.3, 0.4) is 0 Å². The van der Waals surface area contributed by atoms with Crippen molar-refractivity contribution in [2.24, 2.45) is 0 Å². The molecule has 1 rings (SSSR count). The third-order valence-electron chi connectivity index (χ3n) is 2.68. The molecule has 110 valence electrons. The van der Waals surface area contributed by atoms with Crippen LogP contribution in [0.2, 0.25) is 0 Å². The third kappa shape index (κ3) is 7.35. The molecule has 19 heavy (non-hydrogen) atoms. The highest BCUT2D eigenvalue weighted by molar-refractivity contribution is 4.97. The molecule has 0 radical (unpaired) electrons. The maximum atomic E-state index is 10.0. The maximum absolute atomic E-state index is 10.0. The van der Waals surface area contributed by atoms with Crippen molar-refractivity contribution in [2.45, 2.75) is 52.4 Å². The normalized spacial score (nSPS) is 14.0. The molecule has 0 saturated heterocycles. The predicted molar refractivity (Wildman–Crippen MR) is 76.0 cm³/mol. The number of hydrogen-bond donors (Lipinski definition) is 1. The lowest BCUT2D eigenvalue weighted by atomic mass is 10.2. The van der Waals surface area contributed by atoms with Gasteiger partial charge in [-0.15, -0.1) is 0 Å². The number of rotatable bonds is 8. The van der Waals surface area contributed by atoms with E-state index in [1.54, 1.807) is 6.26 Å². The van der Waals surface area contributed by atoms with E-state index in [2.05, 4.69) is 11.8 Å². The van der Waals surface area contributed by atoms with Crippen LogP contribution in [0.4, 0.5) is 0 Å². The van der Waals surface area contributed by atoms with Gasteiger partial charge >= 0.3 is 0 Å². The van der Waals surface area contributed by atoms with E-state index in [0.717, 1.165) is 25.3 Å². The summed E-state index contributed by atoms with van der Waals surface area (Å²) in [5, 5.41) is 10.0. The minimum Gasteiger partial charge on any atom is -0.468 e. The van der Waals surface area contributed by atoms with Crippen LogP contribution in [-0.2, 0) is 11.3 Å². The molecule has 1 unspecified atom stereocenters. The summed E-state index contributed by atoms with van der Waals surface area (Å²) in [6, 6.07) is 3.85. The standard InChI is InChI=1S/C15H27NO3/c1-5-8-16(11-14-7-6-9-18-14)10-13(17)12-19-15(2,3)4/h6-7,9,13,17H,5,8,10-12H2,1-4H3. The van der Waals surface area contributed by atoms with Crippen molar-refractivity contribution < 1.29 is 14.3 Å². The van der Waals surface area contributed by atoms with Crippen LogP contribution < -0.4 is 0 Å². The zero-order valence-electron chi connectivity index (χ0n) is 12.6. The largest absolute Gasteiger partial charge is 0.468 e. The van der Waals surface area contributed by atoms with Gasteiger partial charge in [0.05, 0.1) is 31.1 Å². The van der Waals surface area contributed by atoms with Gasteiger partial charge in [0.1, 0.15) is 5.76 Å². The summed E-state index contributed by atoms with van der Waals surface area (Å²) in [5.41, 5.74) is -0.211. The number of hydrogen-bond acceptors (Lipinski definition) is 4. The van der Waals surface area contributed by atoms with Gasteiger partial charge in [-0.3, -0.25) is 4.90 Å². The summed E-state index contributed by atoms with van der Waals surface area (Å²) in [7, 11) is 0. The zero-order valence-corrected chi connectivity index (χ0v) is 12.6. The number of aliphatic hydroxyl groups is 1. The smallest absolute Gasteiger partial charge is 0.117 e. The molecular weight excluding hydrogens is 242 g/mol. The van der Waals surface area contributed by atoms with Crippen LogP contribution >= 0.6 is 0 Å². The van der Waals surface area contributed by atoms with Crippen molar-refractivity contribution >= 4 is 0 Å². The number of aliphatic hydroxyl groups excluding tert-OH is 1. The Morgan fingerprint density at radius 2 is 2.16 bits per heavy atom. The van der Waals surface area contributed by atoms with Crippen LogP contribution in [0, 0.1) is 0 Å². The summed E-state index contributed by atoms with van der Waals surface area (Å²) in [4.78, 5) is 2.19. The van der Waals surface area contributed by atoms with Gasteiger partial charge in [0.25, 0.3) is 0 Å². The average Bonchev–Trinajstić information content (AvgIpc) is 2.78. The van der Waals surface area contributed by atoms with Crippen LogP contribution in [0.25, 0.3) is 0 Å². The van der Waals surface area contributed by atoms with Crippen molar-refractivity contribution in [3.05, 3.63) is 24.2 Å². The Balaban J connectivity index is 2.39. The van der Waals surface area contributed by atoms with Crippen LogP contribution in [0.15, 0.2) is 22.8 Å². The first kappa shape index (κ1) is 16.2. The van der Waals surface area contributed by atoms with Gasteiger partial charge in [0, 0.05) is 6.54 Å². The molecule has 1 N–H and O–H groups in total. The quantitative estimate of drug-likeness (QED) is 0.788. The van der Waals surface area contributed by atoms with Gasteiger partial charge in [0.2, 0.25) is 0 Å². The fraction of sp³-hybridized carbons (Fsp3) is 0.733. The van der Waals surface area contributed by atoms with Gasteiger partial charge < -0.3 is 14.3 Å². The lowest BCUT2D eigenvalue weighted by Crippen LogP contribution is -2.37. The lowest BCUT2D eigenvalue weighted by molar-refractivity contribution is -0.0569. The molecule has 0 amide bonds. The summed E-state index contributed by atoms with van der Waals surface area (Å²) < 4.78 is 11.0. The molecule has 0 aliphatic rings. The fourth-order valence-electron chi connectivity index (χ4n) is 1.87. The second-order valence-corrected chi connectivity index (χ2v) is 5.89. The third-order valence-corrected chi connectivity index (χ3v) is 2.68. The fourth-order valence-corrected chi connectivity index (χ4v) is 1.87. The van der Waals surface area contributed by atoms with E-state index in [4.69, 9.17) is 9.15 Å². The van der Waals surface area contributed by atoms with Crippen LogP contribution in [-0.4, -0.2) is 41.4 Å². The molecule has 0 aromatic carbocycles. The first-order chi connectivity index (χ1) is 8.90. The molecule has 0 saturated carbocycles. The van der Waals surface area contributed by atoms with Crippen molar-refractivity contribution in [1.29, 1.82) is 0 Å². The zero-order chi connectivity index (χ0) is 14.3. The molecule has 1 atom stereocenters. The average molecular weight is 269 g/mol. The SMILES string of the molecule is CCCN(Cc1ccco1)CC(O)COC(C)(C)C. The molecule has 1 heterocycles. The molecule has 0 bridgehead atoms. The van der Waals surface area contributed by atoms with E-state index >= 15 is 0 Å². The van der Waals surface area contributed by atoms with E-state index in [9.17, 15) is 5.11 Å². The molecule has 0 aliphatic carbocycles. The number of nitrogens with zero attached hydrogens (tertiary/aromatic N) is 1. The summed E-state index contributed by atoms with van der Waals surface area (Å²) in [6.45, 7) is 10.7. The van der Waals surface area contributed by atoms with E-state index in [0.29, 0.717) is 13.2 Å². The topological polar surface area (TPSA) is 45.8 Å². The molecule has 4 heteroatoms. The van der Waals surface area contributed by atoms with Crippen molar-refractivity contribution in [2.75, 3.05) is 19.7 Å². The summed E-state index contributed by atoms with van der Waals surface area (Å²) in [6.07, 6.45) is 2.26. The minimum absolute atomic E-state index is 0.211. The Labute approximate surface area is 116 Å². The minimum atomic E-state index is -0.472. The highest BCUT2D eigenvalue weighted by atomic mass is 16.5. The Morgan fingerprint density at radius 1 is 1.42 bits per heavy atom. The maximum Gasteiger partial charge on any atom is 0.117 e. The summed E-state index contributed by atoms with van der Waals surface area (Å²) >= 11 is 0. The number of furan rings is 1. The van der Waals surface area contributed by atoms with E-state index < -0.39 is 6.10 Å². The van der Waals surface area contributed by atoms with E-state index in [1.807, 2.05) is 32.9 Å². The highest BCUT2D eigenvalue weighted by Crippen LogP contribution is 2.10. The van der Waals surface area contributed by atoms with Gasteiger partial charge in [-0.25, -0.2) is 0 Å². The second kappa shape index (κ2) is 7.68. The monoisotopic (exact) mass is 269 g/mol. The Bertz CT molecular complexity index is 330. The highest BCUT2D eigenvalue weighted by Gasteiger charge is 2.16. The Hall–Kier alpha value is -0.840. The van der Waals surface area contributed by atoms with E-state index in [1.165, 1.54) is 0 Å². The molecule has 0 aliphatic heterocycles. The first-order valence-electron chi connectivity index (χ1n) is 6.97. The van der Waals surface area contributed by atoms with Gasteiger partial charge in [0.15, 0.2) is 0 Å². The van der Waals surface area contributed by atoms with Crippen molar-refractivity contribution in [1.82, 2.24) is 4.90 Å². The van der Waals surface area contributed by atoms with Gasteiger partial charge in [-0.1, -0.05) is 6.92 Å². The lowest BCUT2D eigenvalue weighted by Gasteiger charge is -2.26. The van der Waals surface area contributed by atoms with Crippen molar-refractivity contribution in [3.8, 4) is 0 Å². The molecule has 4 nitrogen and oxygen atoms in total. The van der Waals surface area contributed by atoms with Crippen molar-refractivity contribution in [3.63, 3.8) is 0 Å². The molecule has 1 aromatic rings. The number of ether oxygens (including phenoxy) is 1. The molecule has 1 aromatic heterocycles. The Morgan fingerprint density at radius 3 is 2.68 bits per heavy atom.